The van der Waals surface area contributed by atoms with Crippen LogP contribution < -0.4 is 9.47 Å². The highest BCUT2D eigenvalue weighted by molar-refractivity contribution is 5.53. The average Bonchev–Trinajstić information content (AvgIpc) is 2.21. The molecule has 0 amide bonds. The van der Waals surface area contributed by atoms with E-state index in [1.165, 1.54) is 11.1 Å². The third-order valence-corrected chi connectivity index (χ3v) is 2.93. The Morgan fingerprint density at radius 1 is 1.21 bits per heavy atom. The monoisotopic (exact) mass is 192 g/mol. The lowest BCUT2D eigenvalue weighted by Crippen LogP contribution is -2.23. The number of rotatable bonds is 1. The van der Waals surface area contributed by atoms with Gasteiger partial charge in [0.15, 0.2) is 11.5 Å². The van der Waals surface area contributed by atoms with Crippen LogP contribution >= 0.6 is 0 Å². The van der Waals surface area contributed by atoms with Crippen LogP contribution in [0, 0.1) is 0 Å². The van der Waals surface area contributed by atoms with Gasteiger partial charge in [-0.25, -0.2) is 0 Å². The first kappa shape index (κ1) is 8.12. The molecule has 3 heteroatoms. The quantitative estimate of drug-likeness (QED) is 0.723. The van der Waals surface area contributed by atoms with E-state index in [1.54, 1.807) is 0 Å². The molecule has 0 fully saturated rings. The van der Waals surface area contributed by atoms with E-state index in [0.717, 1.165) is 17.9 Å². The molecular weight excluding hydrogens is 180 g/mol. The van der Waals surface area contributed by atoms with E-state index < -0.39 is 0 Å². The summed E-state index contributed by atoms with van der Waals surface area (Å²) in [4.78, 5) is 0. The average molecular weight is 192 g/mol. The molecule has 1 N–H and O–H groups in total. The van der Waals surface area contributed by atoms with Crippen molar-refractivity contribution in [1.82, 2.24) is 0 Å². The van der Waals surface area contributed by atoms with Gasteiger partial charge in [0.1, 0.15) is 13.2 Å². The van der Waals surface area contributed by atoms with Crippen LogP contribution in [0.1, 0.15) is 17.0 Å². The van der Waals surface area contributed by atoms with Crippen LogP contribution in [-0.2, 0) is 6.42 Å². The second kappa shape index (κ2) is 2.89. The van der Waals surface area contributed by atoms with E-state index in [2.05, 4.69) is 0 Å². The van der Waals surface area contributed by atoms with E-state index in [0.29, 0.717) is 19.1 Å². The largest absolute Gasteiger partial charge is 0.486 e. The minimum Gasteiger partial charge on any atom is -0.486 e. The molecule has 0 radical (unpaired) electrons. The molecule has 1 atom stereocenters. The molecule has 74 valence electrons. The number of ether oxygens (including phenoxy) is 2. The second-order valence-electron chi connectivity index (χ2n) is 3.78. The topological polar surface area (TPSA) is 38.7 Å². The van der Waals surface area contributed by atoms with Crippen LogP contribution in [0.25, 0.3) is 0 Å². The van der Waals surface area contributed by atoms with E-state index in [9.17, 15) is 0 Å². The minimum atomic E-state index is 0.229. The third-order valence-electron chi connectivity index (χ3n) is 2.93. The summed E-state index contributed by atoms with van der Waals surface area (Å²) in [6.45, 7) is 1.48. The number of hydrogen-bond donors (Lipinski definition) is 1. The first-order chi connectivity index (χ1) is 6.88. The van der Waals surface area contributed by atoms with Gasteiger partial charge >= 0.3 is 0 Å². The second-order valence-corrected chi connectivity index (χ2v) is 3.78. The summed E-state index contributed by atoms with van der Waals surface area (Å²) in [6.07, 6.45) is 0.961. The highest BCUT2D eigenvalue weighted by Crippen LogP contribution is 2.42. The van der Waals surface area contributed by atoms with Crippen LogP contribution in [0.3, 0.4) is 0 Å². The Morgan fingerprint density at radius 2 is 1.93 bits per heavy atom. The van der Waals surface area contributed by atoms with E-state index in [4.69, 9.17) is 14.6 Å². The minimum absolute atomic E-state index is 0.229. The predicted molar refractivity (Wildman–Crippen MR) is 51.0 cm³/mol. The molecule has 1 aliphatic heterocycles. The zero-order valence-corrected chi connectivity index (χ0v) is 7.82. The lowest BCUT2D eigenvalue weighted by molar-refractivity contribution is 0.170. The van der Waals surface area contributed by atoms with Crippen LogP contribution in [0.2, 0.25) is 0 Å². The van der Waals surface area contributed by atoms with Crippen molar-refractivity contribution in [3.8, 4) is 11.5 Å². The smallest absolute Gasteiger partial charge is 0.161 e. The Bertz CT molecular complexity index is 373. The van der Waals surface area contributed by atoms with Gasteiger partial charge in [0.05, 0.1) is 6.61 Å². The lowest BCUT2D eigenvalue weighted by atomic mass is 9.78. The van der Waals surface area contributed by atoms with Crippen molar-refractivity contribution in [2.45, 2.75) is 12.3 Å². The van der Waals surface area contributed by atoms with E-state index >= 15 is 0 Å². The Balaban J connectivity index is 2.02. The van der Waals surface area contributed by atoms with Gasteiger partial charge in [0, 0.05) is 5.92 Å². The molecule has 1 heterocycles. The SMILES string of the molecule is OCC1Cc2cc3c(cc21)OCCO3. The molecule has 0 aromatic heterocycles. The highest BCUT2D eigenvalue weighted by atomic mass is 16.6. The Kier molecular flexibility index (Phi) is 1.67. The zero-order chi connectivity index (χ0) is 9.54. The molecule has 2 aliphatic rings. The number of aliphatic hydroxyl groups is 1. The van der Waals surface area contributed by atoms with Crippen LogP contribution in [-0.4, -0.2) is 24.9 Å². The number of aliphatic hydroxyl groups excluding tert-OH is 1. The first-order valence-corrected chi connectivity index (χ1v) is 4.92. The molecule has 1 aromatic carbocycles. The van der Waals surface area contributed by atoms with Gasteiger partial charge < -0.3 is 14.6 Å². The van der Waals surface area contributed by atoms with Gasteiger partial charge in [-0.2, -0.15) is 0 Å². The standard InChI is InChI=1S/C11H12O3/c12-6-8-3-7-4-10-11(5-9(7)8)14-2-1-13-10/h4-5,8,12H,1-3,6H2. The summed E-state index contributed by atoms with van der Waals surface area (Å²) in [7, 11) is 0. The van der Waals surface area contributed by atoms with Crippen LogP contribution in [0.4, 0.5) is 0 Å². The molecule has 1 unspecified atom stereocenters. The number of hydrogen-bond acceptors (Lipinski definition) is 3. The van der Waals surface area contributed by atoms with Gasteiger partial charge in [-0.15, -0.1) is 0 Å². The van der Waals surface area contributed by atoms with Crippen molar-refractivity contribution in [2.24, 2.45) is 0 Å². The van der Waals surface area contributed by atoms with Gasteiger partial charge in [-0.1, -0.05) is 0 Å². The predicted octanol–water partition coefficient (Wildman–Crippen LogP) is 1.09. The molecule has 1 aliphatic carbocycles. The summed E-state index contributed by atoms with van der Waals surface area (Å²) >= 11 is 0. The van der Waals surface area contributed by atoms with Crippen LogP contribution in [0.5, 0.6) is 11.5 Å². The fraction of sp³-hybridized carbons (Fsp3) is 0.455. The van der Waals surface area contributed by atoms with Gasteiger partial charge in [0.2, 0.25) is 0 Å². The maximum atomic E-state index is 9.06. The Hall–Kier alpha value is -1.22. The molecule has 3 rings (SSSR count). The van der Waals surface area contributed by atoms with E-state index in [-0.39, 0.29) is 6.61 Å². The Morgan fingerprint density at radius 3 is 2.64 bits per heavy atom. The number of fused-ring (bicyclic) bond motifs is 2. The summed E-state index contributed by atoms with van der Waals surface area (Å²) in [6, 6.07) is 4.05. The fourth-order valence-corrected chi connectivity index (χ4v) is 2.11. The summed E-state index contributed by atoms with van der Waals surface area (Å²) < 4.78 is 11.0. The maximum Gasteiger partial charge on any atom is 0.161 e. The number of benzene rings is 1. The molecule has 0 saturated heterocycles. The van der Waals surface area contributed by atoms with Crippen molar-refractivity contribution in [1.29, 1.82) is 0 Å². The van der Waals surface area contributed by atoms with Gasteiger partial charge in [-0.3, -0.25) is 0 Å². The summed E-state index contributed by atoms with van der Waals surface area (Å²) in [5, 5.41) is 9.06. The Labute approximate surface area is 82.3 Å². The maximum absolute atomic E-state index is 9.06. The van der Waals surface area contributed by atoms with Crippen molar-refractivity contribution < 1.29 is 14.6 Å². The normalized spacial score (nSPS) is 22.5. The highest BCUT2D eigenvalue weighted by Gasteiger charge is 2.28. The van der Waals surface area contributed by atoms with Crippen molar-refractivity contribution in [3.05, 3.63) is 23.3 Å². The van der Waals surface area contributed by atoms with Crippen molar-refractivity contribution in [2.75, 3.05) is 19.8 Å². The molecule has 3 nitrogen and oxygen atoms in total. The fourth-order valence-electron chi connectivity index (χ4n) is 2.11. The molecule has 0 spiro atoms. The molecular formula is C11H12O3. The van der Waals surface area contributed by atoms with Gasteiger partial charge in [-0.05, 0) is 29.7 Å². The lowest BCUT2D eigenvalue weighted by Gasteiger charge is -2.31. The molecule has 14 heavy (non-hydrogen) atoms. The molecule has 0 saturated carbocycles. The summed E-state index contributed by atoms with van der Waals surface area (Å²) in [5.74, 6) is 1.99. The third kappa shape index (κ3) is 1.02. The van der Waals surface area contributed by atoms with Crippen molar-refractivity contribution >= 4 is 0 Å². The molecule has 0 bridgehead atoms. The molecule has 1 aromatic rings. The first-order valence-electron chi connectivity index (χ1n) is 4.92. The van der Waals surface area contributed by atoms with Crippen LogP contribution in [0.15, 0.2) is 12.1 Å². The zero-order valence-electron chi connectivity index (χ0n) is 7.82. The van der Waals surface area contributed by atoms with Crippen molar-refractivity contribution in [3.63, 3.8) is 0 Å². The van der Waals surface area contributed by atoms with Gasteiger partial charge in [0.25, 0.3) is 0 Å². The van der Waals surface area contributed by atoms with E-state index in [1.807, 2.05) is 12.1 Å². The summed E-state index contributed by atoms with van der Waals surface area (Å²) in [5.41, 5.74) is 2.50.